The van der Waals surface area contributed by atoms with Crippen molar-refractivity contribution in [1.29, 1.82) is 0 Å². The molecule has 0 spiro atoms. The second kappa shape index (κ2) is 9.18. The van der Waals surface area contributed by atoms with Crippen LogP contribution >= 0.6 is 0 Å². The van der Waals surface area contributed by atoms with Crippen LogP contribution in [0.25, 0.3) is 0 Å². The highest BCUT2D eigenvalue weighted by molar-refractivity contribution is 5.79. The SMILES string of the molecule is CCCNC(=NCC1(CCOC)CCCC1)NCC. The van der Waals surface area contributed by atoms with Crippen molar-refractivity contribution in [2.75, 3.05) is 33.4 Å². The zero-order valence-corrected chi connectivity index (χ0v) is 12.9. The fraction of sp³-hybridized carbons (Fsp3) is 0.933. The van der Waals surface area contributed by atoms with Crippen LogP contribution in [0.4, 0.5) is 0 Å². The summed E-state index contributed by atoms with van der Waals surface area (Å²) < 4.78 is 5.27. The molecule has 0 heterocycles. The quantitative estimate of drug-likeness (QED) is 0.526. The summed E-state index contributed by atoms with van der Waals surface area (Å²) in [6, 6.07) is 0. The van der Waals surface area contributed by atoms with Gasteiger partial charge < -0.3 is 15.4 Å². The third kappa shape index (κ3) is 5.81. The Morgan fingerprint density at radius 1 is 1.21 bits per heavy atom. The number of methoxy groups -OCH3 is 1. The lowest BCUT2D eigenvalue weighted by atomic mass is 9.83. The summed E-state index contributed by atoms with van der Waals surface area (Å²) in [5.41, 5.74) is 0.380. The van der Waals surface area contributed by atoms with Gasteiger partial charge in [-0.3, -0.25) is 4.99 Å². The molecule has 0 aliphatic heterocycles. The summed E-state index contributed by atoms with van der Waals surface area (Å²) in [5.74, 6) is 0.966. The van der Waals surface area contributed by atoms with Crippen LogP contribution in [0.15, 0.2) is 4.99 Å². The van der Waals surface area contributed by atoms with E-state index in [-0.39, 0.29) is 0 Å². The summed E-state index contributed by atoms with van der Waals surface area (Å²) in [5, 5.41) is 6.70. The van der Waals surface area contributed by atoms with Crippen LogP contribution in [0.2, 0.25) is 0 Å². The predicted molar refractivity (Wildman–Crippen MR) is 81.7 cm³/mol. The third-order valence-corrected chi connectivity index (χ3v) is 3.96. The van der Waals surface area contributed by atoms with Gasteiger partial charge in [-0.2, -0.15) is 0 Å². The fourth-order valence-corrected chi connectivity index (χ4v) is 2.76. The average molecular weight is 269 g/mol. The van der Waals surface area contributed by atoms with Crippen LogP contribution < -0.4 is 10.6 Å². The number of nitrogens with one attached hydrogen (secondary N) is 2. The van der Waals surface area contributed by atoms with Crippen LogP contribution in [0.5, 0.6) is 0 Å². The first-order valence-corrected chi connectivity index (χ1v) is 7.77. The van der Waals surface area contributed by atoms with Crippen LogP contribution in [0, 0.1) is 5.41 Å². The Morgan fingerprint density at radius 3 is 2.53 bits per heavy atom. The topological polar surface area (TPSA) is 45.7 Å². The fourth-order valence-electron chi connectivity index (χ4n) is 2.76. The molecule has 0 unspecified atom stereocenters. The number of ether oxygens (including phenoxy) is 1. The molecule has 1 aliphatic rings. The molecule has 1 fully saturated rings. The van der Waals surface area contributed by atoms with Gasteiger partial charge in [0.2, 0.25) is 0 Å². The Balaban J connectivity index is 2.55. The molecule has 0 saturated heterocycles. The van der Waals surface area contributed by atoms with Crippen molar-refractivity contribution in [3.05, 3.63) is 0 Å². The van der Waals surface area contributed by atoms with Crippen molar-refractivity contribution in [3.8, 4) is 0 Å². The highest BCUT2D eigenvalue weighted by atomic mass is 16.5. The molecule has 4 nitrogen and oxygen atoms in total. The van der Waals surface area contributed by atoms with Gasteiger partial charge in [-0.1, -0.05) is 19.8 Å². The summed E-state index contributed by atoms with van der Waals surface area (Å²) in [4.78, 5) is 4.80. The van der Waals surface area contributed by atoms with Crippen LogP contribution in [-0.4, -0.2) is 39.3 Å². The van der Waals surface area contributed by atoms with E-state index in [1.54, 1.807) is 7.11 Å². The van der Waals surface area contributed by atoms with Gasteiger partial charge >= 0.3 is 0 Å². The lowest BCUT2D eigenvalue weighted by Crippen LogP contribution is -2.38. The van der Waals surface area contributed by atoms with Crippen LogP contribution in [-0.2, 0) is 4.74 Å². The largest absolute Gasteiger partial charge is 0.385 e. The molecule has 1 aliphatic carbocycles. The van der Waals surface area contributed by atoms with Gasteiger partial charge in [0.1, 0.15) is 0 Å². The molecule has 2 N–H and O–H groups in total. The van der Waals surface area contributed by atoms with Crippen molar-refractivity contribution in [2.45, 2.75) is 52.4 Å². The van der Waals surface area contributed by atoms with Crippen LogP contribution in [0.1, 0.15) is 52.4 Å². The Bertz CT molecular complexity index is 260. The molecule has 0 aromatic carbocycles. The van der Waals surface area contributed by atoms with E-state index in [1.165, 1.54) is 25.7 Å². The van der Waals surface area contributed by atoms with E-state index in [4.69, 9.17) is 9.73 Å². The molecule has 0 atom stereocenters. The van der Waals surface area contributed by atoms with E-state index in [0.717, 1.165) is 45.0 Å². The molecule has 19 heavy (non-hydrogen) atoms. The van der Waals surface area contributed by atoms with E-state index >= 15 is 0 Å². The van der Waals surface area contributed by atoms with E-state index in [2.05, 4.69) is 24.5 Å². The molecular weight excluding hydrogens is 238 g/mol. The van der Waals surface area contributed by atoms with Gasteiger partial charge in [0.25, 0.3) is 0 Å². The highest BCUT2D eigenvalue weighted by Gasteiger charge is 2.33. The van der Waals surface area contributed by atoms with Gasteiger partial charge in [0, 0.05) is 33.4 Å². The summed E-state index contributed by atoms with van der Waals surface area (Å²) in [6.07, 6.45) is 7.55. The van der Waals surface area contributed by atoms with Gasteiger partial charge in [-0.05, 0) is 38.0 Å². The van der Waals surface area contributed by atoms with Crippen molar-refractivity contribution in [1.82, 2.24) is 10.6 Å². The van der Waals surface area contributed by atoms with Crippen LogP contribution in [0.3, 0.4) is 0 Å². The molecule has 112 valence electrons. The number of guanidine groups is 1. The first-order valence-electron chi connectivity index (χ1n) is 7.77. The molecule has 0 aromatic rings. The van der Waals surface area contributed by atoms with Gasteiger partial charge in [-0.15, -0.1) is 0 Å². The zero-order valence-electron chi connectivity index (χ0n) is 12.9. The smallest absolute Gasteiger partial charge is 0.191 e. The summed E-state index contributed by atoms with van der Waals surface area (Å²) in [6.45, 7) is 7.97. The lowest BCUT2D eigenvalue weighted by Gasteiger charge is -2.27. The van der Waals surface area contributed by atoms with Crippen molar-refractivity contribution >= 4 is 5.96 Å². The second-order valence-electron chi connectivity index (χ2n) is 5.57. The standard InChI is InChI=1S/C15H31N3O/c1-4-11-17-14(16-5-2)18-13-15(10-12-19-3)8-6-7-9-15/h4-13H2,1-3H3,(H2,16,17,18). The number of rotatable bonds is 8. The van der Waals surface area contributed by atoms with E-state index in [9.17, 15) is 0 Å². The number of hydrogen-bond donors (Lipinski definition) is 2. The Hall–Kier alpha value is -0.770. The molecule has 4 heteroatoms. The third-order valence-electron chi connectivity index (χ3n) is 3.96. The molecule has 1 rings (SSSR count). The summed E-state index contributed by atoms with van der Waals surface area (Å²) >= 11 is 0. The number of hydrogen-bond acceptors (Lipinski definition) is 2. The lowest BCUT2D eigenvalue weighted by molar-refractivity contribution is 0.141. The van der Waals surface area contributed by atoms with Gasteiger partial charge in [0.05, 0.1) is 0 Å². The first kappa shape index (κ1) is 16.3. The second-order valence-corrected chi connectivity index (χ2v) is 5.57. The first-order chi connectivity index (χ1) is 9.26. The van der Waals surface area contributed by atoms with Gasteiger partial charge in [0.15, 0.2) is 5.96 Å². The summed E-state index contributed by atoms with van der Waals surface area (Å²) in [7, 11) is 1.79. The maximum absolute atomic E-state index is 5.27. The Kier molecular flexibility index (Phi) is 7.87. The van der Waals surface area contributed by atoms with Gasteiger partial charge in [-0.25, -0.2) is 0 Å². The normalized spacial score (nSPS) is 18.6. The highest BCUT2D eigenvalue weighted by Crippen LogP contribution is 2.41. The van der Waals surface area contributed by atoms with E-state index in [1.807, 2.05) is 0 Å². The van der Waals surface area contributed by atoms with Crippen molar-refractivity contribution < 1.29 is 4.74 Å². The van der Waals surface area contributed by atoms with E-state index < -0.39 is 0 Å². The van der Waals surface area contributed by atoms with Crippen molar-refractivity contribution in [3.63, 3.8) is 0 Å². The minimum atomic E-state index is 0.380. The number of aliphatic imine (C=N–C) groups is 1. The molecule has 0 amide bonds. The maximum atomic E-state index is 5.27. The average Bonchev–Trinajstić information content (AvgIpc) is 2.89. The zero-order chi connectivity index (χ0) is 14.0. The maximum Gasteiger partial charge on any atom is 0.191 e. The predicted octanol–water partition coefficient (Wildman–Crippen LogP) is 2.55. The molecule has 1 saturated carbocycles. The Morgan fingerprint density at radius 2 is 1.95 bits per heavy atom. The Labute approximate surface area is 118 Å². The molecule has 0 bridgehead atoms. The van der Waals surface area contributed by atoms with Crippen molar-refractivity contribution in [2.24, 2.45) is 10.4 Å². The molecular formula is C15H31N3O. The minimum absolute atomic E-state index is 0.380. The van der Waals surface area contributed by atoms with E-state index in [0.29, 0.717) is 5.41 Å². The number of nitrogens with zero attached hydrogens (tertiary/aromatic N) is 1. The minimum Gasteiger partial charge on any atom is -0.385 e. The molecule has 0 aromatic heterocycles. The monoisotopic (exact) mass is 269 g/mol. The molecule has 0 radical (unpaired) electrons.